The lowest BCUT2D eigenvalue weighted by molar-refractivity contribution is 0.318. The second-order valence-electron chi connectivity index (χ2n) is 3.96. The zero-order valence-electron chi connectivity index (χ0n) is 10.0. The fraction of sp³-hybridized carbons (Fsp3) is 0. The summed E-state index contributed by atoms with van der Waals surface area (Å²) in [6, 6.07) is 9.60. The van der Waals surface area contributed by atoms with Crippen molar-refractivity contribution in [2.24, 2.45) is 0 Å². The van der Waals surface area contributed by atoms with Gasteiger partial charge in [-0.2, -0.15) is 0 Å². The van der Waals surface area contributed by atoms with Crippen molar-refractivity contribution in [3.63, 3.8) is 0 Å². The van der Waals surface area contributed by atoms with E-state index in [0.717, 1.165) is 18.2 Å². The maximum atomic E-state index is 11.4. The Morgan fingerprint density at radius 2 is 1.55 bits per heavy atom. The van der Waals surface area contributed by atoms with E-state index in [0.29, 0.717) is 5.39 Å². The Morgan fingerprint density at radius 1 is 0.850 bits per heavy atom. The maximum absolute atomic E-state index is 11.4. The number of para-hydroxylation sites is 1. The van der Waals surface area contributed by atoms with Gasteiger partial charge in [-0.1, -0.05) is 12.1 Å². The highest BCUT2D eigenvalue weighted by Gasteiger charge is 2.03. The van der Waals surface area contributed by atoms with Crippen LogP contribution in [0, 0.1) is 11.0 Å². The van der Waals surface area contributed by atoms with E-state index in [2.05, 4.69) is 0 Å². The van der Waals surface area contributed by atoms with Crippen LogP contribution in [0.5, 0.6) is 5.75 Å². The molecule has 1 aromatic rings. The van der Waals surface area contributed by atoms with Gasteiger partial charge in [-0.05, 0) is 12.1 Å². The summed E-state index contributed by atoms with van der Waals surface area (Å²) in [5.41, 5.74) is -1.75. The van der Waals surface area contributed by atoms with Crippen molar-refractivity contribution >= 4 is 11.0 Å². The molecule has 0 radical (unpaired) electrons. The lowest BCUT2D eigenvalue weighted by Gasteiger charge is -1.91. The Bertz CT molecular complexity index is 1010. The molecule has 3 rings (SSSR count). The topological polar surface area (TPSA) is 93.8 Å². The van der Waals surface area contributed by atoms with Gasteiger partial charge in [0.2, 0.25) is 5.42 Å². The van der Waals surface area contributed by atoms with Crippen LogP contribution in [0.25, 0.3) is 11.0 Å². The molecule has 0 amide bonds. The van der Waals surface area contributed by atoms with E-state index in [1.54, 1.807) is 24.3 Å². The molecule has 0 atom stereocenters. The second-order valence-corrected chi connectivity index (χ2v) is 3.96. The van der Waals surface area contributed by atoms with Crippen molar-refractivity contribution in [2.45, 2.75) is 0 Å². The average molecular weight is 272 g/mol. The summed E-state index contributed by atoms with van der Waals surface area (Å²) in [5.74, 6) is -0.168. The monoisotopic (exact) mass is 272 g/mol. The van der Waals surface area contributed by atoms with Crippen LogP contribution in [0.4, 0.5) is 0 Å². The third kappa shape index (κ3) is 2.14. The second kappa shape index (κ2) is 4.58. The number of hydrogen-bond donors (Lipinski definition) is 1. The number of benzene rings is 1. The molecular formula is C14H8O6. The predicted molar refractivity (Wildman–Crippen MR) is 67.9 cm³/mol. The third-order valence-corrected chi connectivity index (χ3v) is 2.59. The highest BCUT2D eigenvalue weighted by Crippen LogP contribution is 2.22. The minimum Gasteiger partial charge on any atom is -0.507 e. The molecule has 0 fully saturated rings. The molecule has 0 bridgehead atoms. The average Bonchev–Trinajstić information content (AvgIpc) is 2.54. The zero-order valence-corrected chi connectivity index (χ0v) is 10.0. The molecule has 0 spiro atoms. The van der Waals surface area contributed by atoms with Gasteiger partial charge < -0.3 is 18.4 Å². The van der Waals surface area contributed by atoms with Crippen molar-refractivity contribution in [2.75, 3.05) is 0 Å². The van der Waals surface area contributed by atoms with Gasteiger partial charge in [0.05, 0.1) is 5.39 Å². The summed E-state index contributed by atoms with van der Waals surface area (Å²) in [6.07, 6.45) is 0. The zero-order chi connectivity index (χ0) is 14.1. The first kappa shape index (κ1) is 12.0. The molecule has 0 saturated carbocycles. The Labute approximate surface area is 110 Å². The fourth-order valence-electron chi connectivity index (χ4n) is 1.72. The first-order valence-corrected chi connectivity index (χ1v) is 5.67. The van der Waals surface area contributed by atoms with Crippen LogP contribution in [0.1, 0.15) is 0 Å². The summed E-state index contributed by atoms with van der Waals surface area (Å²) in [6.45, 7) is 0. The van der Waals surface area contributed by atoms with Gasteiger partial charge >= 0.3 is 16.9 Å². The number of rotatable bonds is 0. The lowest BCUT2D eigenvalue weighted by atomic mass is 10.2. The Balaban J connectivity index is 2.71. The minimum atomic E-state index is -0.776. The quantitative estimate of drug-likeness (QED) is 0.671. The first-order chi connectivity index (χ1) is 9.63. The molecule has 2 heterocycles. The van der Waals surface area contributed by atoms with E-state index >= 15 is 0 Å². The molecule has 6 nitrogen and oxygen atoms in total. The Hall–Kier alpha value is -3.02. The van der Waals surface area contributed by atoms with Gasteiger partial charge in [0.1, 0.15) is 11.3 Å². The molecule has 2 aliphatic heterocycles. The van der Waals surface area contributed by atoms with Gasteiger partial charge in [-0.15, -0.1) is 0 Å². The summed E-state index contributed by atoms with van der Waals surface area (Å²) >= 11 is 0. The van der Waals surface area contributed by atoms with Crippen LogP contribution in [0.15, 0.2) is 65.3 Å². The summed E-state index contributed by atoms with van der Waals surface area (Å²) in [5, 5.41) is 10.4. The van der Waals surface area contributed by atoms with Gasteiger partial charge in [0, 0.05) is 18.2 Å². The maximum Gasteiger partial charge on any atom is 0.338 e. The van der Waals surface area contributed by atoms with Crippen LogP contribution in [-0.2, 0) is 0 Å². The van der Waals surface area contributed by atoms with Gasteiger partial charge in [-0.3, -0.25) is 0 Å². The molecule has 6 heteroatoms. The van der Waals surface area contributed by atoms with E-state index in [4.69, 9.17) is 13.3 Å². The van der Waals surface area contributed by atoms with Crippen LogP contribution in [0.3, 0.4) is 0 Å². The molecular weight excluding hydrogens is 264 g/mol. The van der Waals surface area contributed by atoms with E-state index in [1.807, 2.05) is 0 Å². The van der Waals surface area contributed by atoms with Crippen LogP contribution in [-0.4, -0.2) is 5.11 Å². The highest BCUT2D eigenvalue weighted by atomic mass is 16.5. The van der Waals surface area contributed by atoms with Crippen molar-refractivity contribution < 1.29 is 18.4 Å². The standard InChI is InChI=1S/C14H8O6/c15-9-7-11-14(19-10-4-2-1-3-8(9)10)20-13(17)6-5-12(16)18-11/h1-7,15H. The summed E-state index contributed by atoms with van der Waals surface area (Å²) < 4.78 is 15.3. The Kier molecular flexibility index (Phi) is 2.76. The fourth-order valence-corrected chi connectivity index (χ4v) is 1.72. The van der Waals surface area contributed by atoms with E-state index < -0.39 is 11.3 Å². The number of aromatic hydroxyl groups is 1. The molecule has 20 heavy (non-hydrogen) atoms. The van der Waals surface area contributed by atoms with Gasteiger partial charge in [0.25, 0.3) is 0 Å². The largest absolute Gasteiger partial charge is 0.507 e. The van der Waals surface area contributed by atoms with E-state index in [-0.39, 0.29) is 22.4 Å². The van der Waals surface area contributed by atoms with Crippen LogP contribution >= 0.6 is 0 Å². The molecule has 0 saturated heterocycles. The Morgan fingerprint density at radius 3 is 2.35 bits per heavy atom. The van der Waals surface area contributed by atoms with Crippen molar-refractivity contribution in [3.8, 4) is 5.75 Å². The van der Waals surface area contributed by atoms with E-state index in [1.165, 1.54) is 0 Å². The molecule has 1 N–H and O–H groups in total. The summed E-state index contributed by atoms with van der Waals surface area (Å²) in [7, 11) is 0. The summed E-state index contributed by atoms with van der Waals surface area (Å²) in [4.78, 5) is 22.8. The molecule has 0 aliphatic carbocycles. The molecule has 0 aromatic heterocycles. The van der Waals surface area contributed by atoms with Gasteiger partial charge in [0.15, 0.2) is 0 Å². The predicted octanol–water partition coefficient (Wildman–Crippen LogP) is 1.89. The van der Waals surface area contributed by atoms with Crippen molar-refractivity contribution in [1.82, 2.24) is 0 Å². The molecule has 2 aliphatic rings. The van der Waals surface area contributed by atoms with Crippen molar-refractivity contribution in [3.05, 3.63) is 74.3 Å². The van der Waals surface area contributed by atoms with E-state index in [9.17, 15) is 14.7 Å². The van der Waals surface area contributed by atoms with Crippen LogP contribution in [0.2, 0.25) is 0 Å². The van der Waals surface area contributed by atoms with Gasteiger partial charge in [-0.25, -0.2) is 9.59 Å². The lowest BCUT2D eigenvalue weighted by Crippen LogP contribution is -1.99. The SMILES string of the molecule is O=c1ccc(=O)oc2oc3ccccc3c(O)cc=2o1. The molecule has 0 unspecified atom stereocenters. The number of hydrogen-bond acceptors (Lipinski definition) is 6. The number of fused-ring (bicyclic) bond motifs is 1. The first-order valence-electron chi connectivity index (χ1n) is 5.67. The third-order valence-electron chi connectivity index (χ3n) is 2.59. The molecule has 1 aromatic carbocycles. The highest BCUT2D eigenvalue weighted by molar-refractivity contribution is 5.81. The molecule has 100 valence electrons. The van der Waals surface area contributed by atoms with Crippen molar-refractivity contribution in [1.29, 1.82) is 0 Å². The van der Waals surface area contributed by atoms with Crippen LogP contribution < -0.4 is 11.3 Å². The minimum absolute atomic E-state index is 0.168. The smallest absolute Gasteiger partial charge is 0.338 e. The normalized spacial score (nSPS) is 10.6.